The average molecular weight is 795 g/mol. The van der Waals surface area contributed by atoms with Gasteiger partial charge in [0.15, 0.2) is 0 Å². The van der Waals surface area contributed by atoms with Crippen molar-refractivity contribution in [1.82, 2.24) is 9.88 Å². The molecule has 0 bridgehead atoms. The molecule has 0 radical (unpaired) electrons. The van der Waals surface area contributed by atoms with E-state index in [2.05, 4.69) is 83.1 Å². The van der Waals surface area contributed by atoms with Crippen LogP contribution in [0.3, 0.4) is 0 Å². The molecule has 3 aliphatic rings. The van der Waals surface area contributed by atoms with Crippen molar-refractivity contribution in [2.75, 3.05) is 11.9 Å². The standard InChI is InChI=1S/C21H20N.C14H16N2.C5H12O2.Ir/c1-3-7-16(8-4-1)18-11-12-19-15-22-21(14-20(19)13-18)17-9-5-2-6-10-17;1-15-11-16(12-7-3-2-4-8-12)14-10-6-5-9-13(14)15;1-4(6)3-5(2)7;/h2,5-6,9,11-16H,1,3-4,7-8H2;2-4,7,11H,5-6,9-10H2,1H3;4-7H,3H2,1-2H3;/q-1;-2;;+3. The summed E-state index contributed by atoms with van der Waals surface area (Å²) in [6.45, 7) is 5.50. The van der Waals surface area contributed by atoms with Crippen molar-refractivity contribution in [2.24, 2.45) is 0 Å². The van der Waals surface area contributed by atoms with Gasteiger partial charge in [-0.15, -0.1) is 41.6 Å². The molecule has 3 aromatic carbocycles. The fraction of sp³-hybridized carbons (Fsp3) is 0.400. The van der Waals surface area contributed by atoms with E-state index in [1.807, 2.05) is 36.5 Å². The quantitative estimate of drug-likeness (QED) is 0.198. The van der Waals surface area contributed by atoms with E-state index in [9.17, 15) is 0 Å². The second-order valence-electron chi connectivity index (χ2n) is 12.7. The third kappa shape index (κ3) is 9.75. The largest absolute Gasteiger partial charge is 3.00 e. The first-order valence-corrected chi connectivity index (χ1v) is 16.7. The Labute approximate surface area is 289 Å². The molecule has 2 aliphatic carbocycles. The van der Waals surface area contributed by atoms with Gasteiger partial charge in [0.1, 0.15) is 0 Å². The Morgan fingerprint density at radius 2 is 1.52 bits per heavy atom. The van der Waals surface area contributed by atoms with Crippen LogP contribution in [0.15, 0.2) is 90.4 Å². The first-order chi connectivity index (χ1) is 21.9. The Morgan fingerprint density at radius 1 is 0.826 bits per heavy atom. The van der Waals surface area contributed by atoms with E-state index in [0.29, 0.717) is 6.42 Å². The van der Waals surface area contributed by atoms with Gasteiger partial charge in [-0.1, -0.05) is 43.5 Å². The van der Waals surface area contributed by atoms with Gasteiger partial charge in [0.05, 0.1) is 12.2 Å². The summed E-state index contributed by atoms with van der Waals surface area (Å²) in [6, 6.07) is 31.9. The summed E-state index contributed by atoms with van der Waals surface area (Å²) in [5, 5.41) is 19.6. The van der Waals surface area contributed by atoms with Gasteiger partial charge in [-0.25, -0.2) is 0 Å². The van der Waals surface area contributed by atoms with Crippen LogP contribution in [-0.2, 0) is 20.1 Å². The first-order valence-electron chi connectivity index (χ1n) is 16.7. The molecule has 1 saturated carbocycles. The zero-order valence-electron chi connectivity index (χ0n) is 27.5. The summed E-state index contributed by atoms with van der Waals surface area (Å²) >= 11 is 0. The van der Waals surface area contributed by atoms with Crippen LogP contribution in [0.1, 0.15) is 89.5 Å². The Hall–Kier alpha value is -3.02. The van der Waals surface area contributed by atoms with Gasteiger partial charge in [0.2, 0.25) is 0 Å². The van der Waals surface area contributed by atoms with Gasteiger partial charge >= 0.3 is 20.1 Å². The van der Waals surface area contributed by atoms with E-state index in [0.717, 1.165) is 22.9 Å². The first kappa shape index (κ1) is 35.8. The van der Waals surface area contributed by atoms with E-state index in [4.69, 9.17) is 10.2 Å². The third-order valence-electron chi connectivity index (χ3n) is 8.86. The smallest absolute Gasteiger partial charge is 0.508 e. The summed E-state index contributed by atoms with van der Waals surface area (Å²) in [5.74, 6) is 0.748. The number of hydrogen-bond donors (Lipinski definition) is 2. The monoisotopic (exact) mass is 795 g/mol. The minimum absolute atomic E-state index is 0. The van der Waals surface area contributed by atoms with E-state index in [-0.39, 0.29) is 32.3 Å². The minimum Gasteiger partial charge on any atom is -0.508 e. The van der Waals surface area contributed by atoms with Crippen LogP contribution in [0, 0.1) is 18.8 Å². The van der Waals surface area contributed by atoms with Gasteiger partial charge in [-0.05, 0) is 93.8 Å². The molecule has 2 unspecified atom stereocenters. The summed E-state index contributed by atoms with van der Waals surface area (Å²) < 4.78 is 0. The van der Waals surface area contributed by atoms with Crippen LogP contribution < -0.4 is 4.90 Å². The third-order valence-corrected chi connectivity index (χ3v) is 8.86. The van der Waals surface area contributed by atoms with Gasteiger partial charge in [0.25, 0.3) is 0 Å². The van der Waals surface area contributed by atoms with E-state index < -0.39 is 0 Å². The van der Waals surface area contributed by atoms with Crippen LogP contribution in [0.4, 0.5) is 5.69 Å². The minimum atomic E-state index is -0.375. The fourth-order valence-corrected chi connectivity index (χ4v) is 6.61. The maximum atomic E-state index is 8.56. The molecular formula is C40H48IrN3O2. The number of benzene rings is 3. The number of anilines is 1. The number of aliphatic hydroxyl groups is 2. The Kier molecular flexibility index (Phi) is 13.8. The number of fused-ring (bicyclic) bond motifs is 1. The number of aromatic nitrogens is 1. The van der Waals surface area contributed by atoms with Gasteiger partial charge in [0, 0.05) is 17.6 Å². The molecule has 1 fully saturated rings. The molecule has 0 saturated heterocycles. The average Bonchev–Trinajstić information content (AvgIpc) is 3.41. The summed E-state index contributed by atoms with van der Waals surface area (Å²) in [5.41, 5.74) is 7.68. The second kappa shape index (κ2) is 17.8. The topological polar surface area (TPSA) is 59.8 Å². The summed E-state index contributed by atoms with van der Waals surface area (Å²) in [6.07, 6.45) is 13.6. The van der Waals surface area contributed by atoms with Crippen molar-refractivity contribution >= 4 is 16.5 Å². The number of rotatable bonds is 5. The summed E-state index contributed by atoms with van der Waals surface area (Å²) in [4.78, 5) is 9.13. The molecule has 7 rings (SSSR count). The zero-order valence-corrected chi connectivity index (χ0v) is 29.9. The van der Waals surface area contributed by atoms with Gasteiger partial charge in [-0.3, -0.25) is 0 Å². The van der Waals surface area contributed by atoms with Gasteiger partial charge < -0.3 is 25.0 Å². The van der Waals surface area contributed by atoms with Crippen LogP contribution in [0.2, 0.25) is 0 Å². The Balaban J connectivity index is 0.000000176. The number of allylic oxidation sites excluding steroid dienone is 2. The zero-order chi connectivity index (χ0) is 31.6. The van der Waals surface area contributed by atoms with Crippen LogP contribution >= 0.6 is 0 Å². The number of pyridine rings is 1. The number of para-hydroxylation sites is 1. The normalized spacial score (nSPS) is 17.6. The fourth-order valence-electron chi connectivity index (χ4n) is 6.61. The van der Waals surface area contributed by atoms with Crippen LogP contribution in [0.5, 0.6) is 0 Å². The molecule has 5 nitrogen and oxygen atoms in total. The van der Waals surface area contributed by atoms with E-state index in [1.165, 1.54) is 85.5 Å². The number of aliphatic hydroxyl groups excluding tert-OH is 2. The van der Waals surface area contributed by atoms with E-state index in [1.54, 1.807) is 13.8 Å². The molecule has 4 aromatic rings. The predicted octanol–water partition coefficient (Wildman–Crippen LogP) is 9.03. The molecule has 244 valence electrons. The molecule has 2 N–H and O–H groups in total. The molecule has 46 heavy (non-hydrogen) atoms. The van der Waals surface area contributed by atoms with Gasteiger partial charge in [-0.2, -0.15) is 37.0 Å². The van der Waals surface area contributed by atoms with Crippen LogP contribution in [0.25, 0.3) is 22.0 Å². The molecule has 0 amide bonds. The SMILES string of the molecule is CC(O)CC(C)O.CN1[CH-]N(c2[c-]cccc2)C2=C1CCCC2.[Ir+3].[c-]1ccccc1-c1cc2cc(C3CCCCC3)ccc2cn1. The van der Waals surface area contributed by atoms with Crippen molar-refractivity contribution in [3.05, 3.63) is 115 Å². The maximum Gasteiger partial charge on any atom is 3.00 e. The Bertz CT molecular complexity index is 1510. The Morgan fingerprint density at radius 3 is 2.15 bits per heavy atom. The summed E-state index contributed by atoms with van der Waals surface area (Å²) in [7, 11) is 2.14. The molecule has 2 atom stereocenters. The molecule has 1 aromatic heterocycles. The molecule has 0 spiro atoms. The van der Waals surface area contributed by atoms with Crippen molar-refractivity contribution < 1.29 is 30.3 Å². The van der Waals surface area contributed by atoms with Crippen LogP contribution in [-0.4, -0.2) is 39.4 Å². The van der Waals surface area contributed by atoms with Crippen molar-refractivity contribution in [2.45, 2.75) is 96.2 Å². The van der Waals surface area contributed by atoms with Crippen molar-refractivity contribution in [3.8, 4) is 11.3 Å². The molecule has 2 heterocycles. The molecular weight excluding hydrogens is 747 g/mol. The predicted molar refractivity (Wildman–Crippen MR) is 185 cm³/mol. The number of hydrogen-bond acceptors (Lipinski definition) is 5. The maximum absolute atomic E-state index is 8.56. The molecule has 6 heteroatoms. The van der Waals surface area contributed by atoms with Crippen molar-refractivity contribution in [1.29, 1.82) is 0 Å². The van der Waals surface area contributed by atoms with E-state index >= 15 is 0 Å². The molecule has 1 aliphatic heterocycles. The van der Waals surface area contributed by atoms with Crippen molar-refractivity contribution in [3.63, 3.8) is 0 Å². The second-order valence-corrected chi connectivity index (χ2v) is 12.7. The number of nitrogens with zero attached hydrogens (tertiary/aromatic N) is 3.